The highest BCUT2D eigenvalue weighted by Gasteiger charge is 2.19. The zero-order valence-corrected chi connectivity index (χ0v) is 12.4. The van der Waals surface area contributed by atoms with Gasteiger partial charge in [0.2, 0.25) is 0 Å². The Morgan fingerprint density at radius 1 is 1.13 bits per heavy atom. The van der Waals surface area contributed by atoms with Crippen LogP contribution in [-0.4, -0.2) is 28.0 Å². The minimum atomic E-state index is -0.885. The lowest BCUT2D eigenvalue weighted by Gasteiger charge is -2.09. The molecule has 0 aliphatic heterocycles. The van der Waals surface area contributed by atoms with Crippen LogP contribution in [0.1, 0.15) is 10.4 Å². The Morgan fingerprint density at radius 3 is 2.48 bits per heavy atom. The molecule has 3 aromatic rings. The summed E-state index contributed by atoms with van der Waals surface area (Å²) in [6, 6.07) is 1.38. The molecule has 23 heavy (non-hydrogen) atoms. The minimum absolute atomic E-state index is 0.0277. The van der Waals surface area contributed by atoms with Crippen LogP contribution in [0.4, 0.5) is 8.78 Å². The predicted molar refractivity (Wildman–Crippen MR) is 79.0 cm³/mol. The van der Waals surface area contributed by atoms with Gasteiger partial charge in [-0.15, -0.1) is 0 Å². The van der Waals surface area contributed by atoms with Gasteiger partial charge in [-0.1, -0.05) is 11.6 Å². The van der Waals surface area contributed by atoms with E-state index in [9.17, 15) is 13.6 Å². The number of carbonyl (C=O) groups excluding carboxylic acids is 1. The van der Waals surface area contributed by atoms with Crippen LogP contribution in [0.2, 0.25) is 5.02 Å². The van der Waals surface area contributed by atoms with Crippen molar-refractivity contribution in [2.75, 3.05) is 7.11 Å². The van der Waals surface area contributed by atoms with Gasteiger partial charge in [-0.25, -0.2) is 13.6 Å². The molecule has 0 bridgehead atoms. The molecule has 0 saturated heterocycles. The molecule has 0 radical (unpaired) electrons. The number of methoxy groups -OCH3 is 1. The van der Waals surface area contributed by atoms with Crippen molar-refractivity contribution in [1.29, 1.82) is 0 Å². The van der Waals surface area contributed by atoms with E-state index in [-0.39, 0.29) is 32.7 Å². The summed E-state index contributed by atoms with van der Waals surface area (Å²) in [6.07, 6.45) is 4.25. The molecule has 0 unspecified atom stereocenters. The molecule has 0 amide bonds. The summed E-state index contributed by atoms with van der Waals surface area (Å²) >= 11 is 6.02. The molecular formula is C15H8ClF2N3O2. The van der Waals surface area contributed by atoms with Crippen molar-refractivity contribution >= 4 is 28.5 Å². The molecule has 0 N–H and O–H groups in total. The second-order valence-corrected chi connectivity index (χ2v) is 4.95. The number of hydrogen-bond donors (Lipinski definition) is 0. The van der Waals surface area contributed by atoms with E-state index >= 15 is 0 Å². The fourth-order valence-electron chi connectivity index (χ4n) is 2.15. The van der Waals surface area contributed by atoms with Crippen molar-refractivity contribution < 1.29 is 18.3 Å². The van der Waals surface area contributed by atoms with Gasteiger partial charge in [-0.2, -0.15) is 0 Å². The zero-order chi connectivity index (χ0) is 16.6. The predicted octanol–water partition coefficient (Wildman–Crippen LogP) is 3.41. The number of carbonyl (C=O) groups is 1. The number of halogens is 3. The van der Waals surface area contributed by atoms with Crippen LogP contribution in [0.15, 0.2) is 30.9 Å². The van der Waals surface area contributed by atoms with Gasteiger partial charge in [0.1, 0.15) is 0 Å². The number of pyridine rings is 3. The SMILES string of the molecule is COC(=O)c1cnc2c(Cl)cnc(-c3c(F)cncc3F)c2c1. The molecule has 0 aliphatic rings. The molecule has 0 fully saturated rings. The Labute approximate surface area is 133 Å². The molecule has 0 saturated carbocycles. The van der Waals surface area contributed by atoms with Crippen molar-refractivity contribution in [3.8, 4) is 11.3 Å². The van der Waals surface area contributed by atoms with E-state index in [4.69, 9.17) is 11.6 Å². The third kappa shape index (κ3) is 2.59. The maximum absolute atomic E-state index is 14.0. The highest BCUT2D eigenvalue weighted by molar-refractivity contribution is 6.35. The van der Waals surface area contributed by atoms with E-state index in [1.54, 1.807) is 0 Å². The van der Waals surface area contributed by atoms with Gasteiger partial charge in [-0.05, 0) is 6.07 Å². The van der Waals surface area contributed by atoms with E-state index in [0.717, 1.165) is 12.4 Å². The topological polar surface area (TPSA) is 65.0 Å². The van der Waals surface area contributed by atoms with Gasteiger partial charge in [0, 0.05) is 17.8 Å². The molecule has 3 rings (SSSR count). The lowest BCUT2D eigenvalue weighted by atomic mass is 10.1. The van der Waals surface area contributed by atoms with Crippen molar-refractivity contribution in [2.45, 2.75) is 0 Å². The number of esters is 1. The Bertz CT molecular complexity index is 914. The molecule has 0 aromatic carbocycles. The monoisotopic (exact) mass is 335 g/mol. The van der Waals surface area contributed by atoms with Gasteiger partial charge < -0.3 is 4.74 Å². The Hall–Kier alpha value is -2.67. The molecule has 0 spiro atoms. The number of rotatable bonds is 2. The first kappa shape index (κ1) is 15.2. The molecule has 3 aromatic heterocycles. The summed E-state index contributed by atoms with van der Waals surface area (Å²) < 4.78 is 32.6. The number of ether oxygens (including phenoxy) is 1. The number of hydrogen-bond acceptors (Lipinski definition) is 5. The highest BCUT2D eigenvalue weighted by Crippen LogP contribution is 2.32. The first-order chi connectivity index (χ1) is 11.0. The normalized spacial score (nSPS) is 10.8. The zero-order valence-electron chi connectivity index (χ0n) is 11.7. The van der Waals surface area contributed by atoms with Gasteiger partial charge >= 0.3 is 5.97 Å². The van der Waals surface area contributed by atoms with Crippen molar-refractivity contribution in [3.05, 3.63) is 53.1 Å². The van der Waals surface area contributed by atoms with Crippen molar-refractivity contribution in [3.63, 3.8) is 0 Å². The maximum atomic E-state index is 14.0. The average Bonchev–Trinajstić information content (AvgIpc) is 2.55. The largest absolute Gasteiger partial charge is 0.465 e. The van der Waals surface area contributed by atoms with E-state index < -0.39 is 17.6 Å². The van der Waals surface area contributed by atoms with Crippen LogP contribution in [-0.2, 0) is 4.74 Å². The minimum Gasteiger partial charge on any atom is -0.465 e. The molecule has 116 valence electrons. The van der Waals surface area contributed by atoms with Crippen LogP contribution in [0.3, 0.4) is 0 Å². The third-order valence-corrected chi connectivity index (χ3v) is 3.46. The lowest BCUT2D eigenvalue weighted by molar-refractivity contribution is 0.0600. The first-order valence-electron chi connectivity index (χ1n) is 6.35. The summed E-state index contributed by atoms with van der Waals surface area (Å²) in [5, 5.41) is 0.416. The molecule has 3 heterocycles. The van der Waals surface area contributed by atoms with E-state index in [1.165, 1.54) is 25.6 Å². The van der Waals surface area contributed by atoms with Gasteiger partial charge in [0.05, 0.1) is 46.9 Å². The fourth-order valence-corrected chi connectivity index (χ4v) is 2.35. The lowest BCUT2D eigenvalue weighted by Crippen LogP contribution is -2.03. The van der Waals surface area contributed by atoms with Gasteiger partial charge in [0.25, 0.3) is 0 Å². The van der Waals surface area contributed by atoms with E-state index in [2.05, 4.69) is 19.7 Å². The smallest absolute Gasteiger partial charge is 0.339 e. The molecule has 0 atom stereocenters. The van der Waals surface area contributed by atoms with Crippen LogP contribution < -0.4 is 0 Å². The Kier molecular flexibility index (Phi) is 3.87. The Morgan fingerprint density at radius 2 is 1.83 bits per heavy atom. The van der Waals surface area contributed by atoms with Gasteiger partial charge in [-0.3, -0.25) is 15.0 Å². The van der Waals surface area contributed by atoms with Crippen LogP contribution in [0.5, 0.6) is 0 Å². The second-order valence-electron chi connectivity index (χ2n) is 4.54. The molecule has 0 aliphatic carbocycles. The summed E-state index contributed by atoms with van der Waals surface area (Å²) in [5.41, 5.74) is -0.0225. The molecule has 8 heteroatoms. The van der Waals surface area contributed by atoms with E-state index in [1.807, 2.05) is 0 Å². The van der Waals surface area contributed by atoms with Crippen LogP contribution >= 0.6 is 11.6 Å². The summed E-state index contributed by atoms with van der Waals surface area (Å²) in [6.45, 7) is 0. The number of aromatic nitrogens is 3. The van der Waals surface area contributed by atoms with E-state index in [0.29, 0.717) is 0 Å². The van der Waals surface area contributed by atoms with Crippen molar-refractivity contribution in [1.82, 2.24) is 15.0 Å². The van der Waals surface area contributed by atoms with Crippen LogP contribution in [0, 0.1) is 11.6 Å². The first-order valence-corrected chi connectivity index (χ1v) is 6.72. The quantitative estimate of drug-likeness (QED) is 0.671. The maximum Gasteiger partial charge on any atom is 0.339 e. The molecular weight excluding hydrogens is 328 g/mol. The summed E-state index contributed by atoms with van der Waals surface area (Å²) in [7, 11) is 1.21. The highest BCUT2D eigenvalue weighted by atomic mass is 35.5. The second kappa shape index (κ2) is 5.85. The Balaban J connectivity index is 2.37. The summed E-state index contributed by atoms with van der Waals surface area (Å²) in [4.78, 5) is 23.1. The third-order valence-electron chi connectivity index (χ3n) is 3.19. The van der Waals surface area contributed by atoms with Crippen molar-refractivity contribution in [2.24, 2.45) is 0 Å². The van der Waals surface area contributed by atoms with Gasteiger partial charge in [0.15, 0.2) is 11.6 Å². The van der Waals surface area contributed by atoms with Crippen LogP contribution in [0.25, 0.3) is 22.2 Å². The number of fused-ring (bicyclic) bond motifs is 1. The molecule has 5 nitrogen and oxygen atoms in total. The fraction of sp³-hybridized carbons (Fsp3) is 0.0667. The summed E-state index contributed by atoms with van der Waals surface area (Å²) in [5.74, 6) is -2.41. The average molecular weight is 336 g/mol. The standard InChI is InChI=1S/C15H8ClF2N3O2/c1-23-15(22)7-2-8-13(20-3-7)9(16)4-21-14(8)12-10(17)5-19-6-11(12)18/h2-6H,1H3. The number of nitrogens with zero attached hydrogens (tertiary/aromatic N) is 3.